The largest absolute Gasteiger partial charge is 0.497 e. The summed E-state index contributed by atoms with van der Waals surface area (Å²) >= 11 is 0. The minimum Gasteiger partial charge on any atom is -0.497 e. The smallest absolute Gasteiger partial charge is 0.224 e. The van der Waals surface area contributed by atoms with Crippen LogP contribution in [0.2, 0.25) is 0 Å². The van der Waals surface area contributed by atoms with Gasteiger partial charge in [-0.05, 0) is 60.2 Å². The monoisotopic (exact) mass is 491 g/mol. The van der Waals surface area contributed by atoms with E-state index in [9.17, 15) is 19.7 Å². The van der Waals surface area contributed by atoms with E-state index in [0.29, 0.717) is 11.5 Å². The zero-order valence-electron chi connectivity index (χ0n) is 20.8. The summed E-state index contributed by atoms with van der Waals surface area (Å²) in [6.07, 6.45) is 7.71. The van der Waals surface area contributed by atoms with Crippen molar-refractivity contribution in [3.05, 3.63) is 75.8 Å². The molecule has 0 saturated heterocycles. The molecule has 0 aliphatic heterocycles. The molecule has 0 aromatic heterocycles. The Bertz CT molecular complexity index is 1100. The molecule has 7 nitrogen and oxygen atoms in total. The maximum atomic E-state index is 13.5. The van der Waals surface area contributed by atoms with Gasteiger partial charge < -0.3 is 9.47 Å². The molecule has 2 aliphatic carbocycles. The lowest BCUT2D eigenvalue weighted by Crippen LogP contribution is -2.52. The van der Waals surface area contributed by atoms with E-state index >= 15 is 0 Å². The molecule has 0 amide bonds. The third-order valence-corrected chi connectivity index (χ3v) is 7.80. The van der Waals surface area contributed by atoms with Gasteiger partial charge in [0.05, 0.1) is 26.1 Å². The van der Waals surface area contributed by atoms with Crippen LogP contribution in [-0.4, -0.2) is 36.8 Å². The standard InChI is InChI=1S/C29H33NO6/c1-35-22-13-8-19(9-14-22)10-17-25(31)28-26(32)18-24(20-11-15-23(36-2)16-12-20)29(30(33)34)27(28)21-6-4-3-5-7-21/h8-17,21,24,27-29H,3-7,18H2,1-2H3/b17-10+. The fraction of sp³-hybridized carbons (Fsp3) is 0.448. The molecule has 0 radical (unpaired) electrons. The topological polar surface area (TPSA) is 95.7 Å². The van der Waals surface area contributed by atoms with Crippen molar-refractivity contribution in [3.8, 4) is 11.5 Å². The first-order valence-corrected chi connectivity index (χ1v) is 12.6. The van der Waals surface area contributed by atoms with E-state index in [4.69, 9.17) is 9.47 Å². The van der Waals surface area contributed by atoms with Crippen molar-refractivity contribution >= 4 is 17.6 Å². The number of hydrogen-bond donors (Lipinski definition) is 0. The highest BCUT2D eigenvalue weighted by Gasteiger charge is 2.55. The minimum absolute atomic E-state index is 0.0199. The number of nitrogens with zero attached hydrogens (tertiary/aromatic N) is 1. The Kier molecular flexibility index (Phi) is 8.18. The van der Waals surface area contributed by atoms with Crippen LogP contribution in [0.25, 0.3) is 6.08 Å². The third kappa shape index (κ3) is 5.50. The normalized spacial score (nSPS) is 25.0. The number of ketones is 2. The molecule has 2 fully saturated rings. The Morgan fingerprint density at radius 2 is 1.53 bits per heavy atom. The fourth-order valence-electron chi connectivity index (χ4n) is 6.01. The average molecular weight is 492 g/mol. The van der Waals surface area contributed by atoms with Gasteiger partial charge in [-0.15, -0.1) is 0 Å². The number of methoxy groups -OCH3 is 2. The molecule has 2 aromatic carbocycles. The first-order valence-electron chi connectivity index (χ1n) is 12.6. The molecule has 4 atom stereocenters. The highest BCUT2D eigenvalue weighted by molar-refractivity contribution is 6.10. The van der Waals surface area contributed by atoms with Crippen molar-refractivity contribution in [2.75, 3.05) is 14.2 Å². The van der Waals surface area contributed by atoms with Gasteiger partial charge >= 0.3 is 0 Å². The summed E-state index contributed by atoms with van der Waals surface area (Å²) in [7, 11) is 3.15. The number of Topliss-reactive ketones (excluding diaryl/α,β-unsaturated/α-hetero) is 1. The molecule has 190 valence electrons. The number of carbonyl (C=O) groups excluding carboxylic acids is 2. The van der Waals surface area contributed by atoms with Crippen molar-refractivity contribution in [2.45, 2.75) is 50.5 Å². The maximum Gasteiger partial charge on any atom is 0.224 e. The number of hydrogen-bond acceptors (Lipinski definition) is 6. The van der Waals surface area contributed by atoms with Crippen molar-refractivity contribution in [1.82, 2.24) is 0 Å². The Labute approximate surface area is 211 Å². The maximum absolute atomic E-state index is 13.5. The van der Waals surface area contributed by atoms with Gasteiger partial charge in [-0.3, -0.25) is 19.7 Å². The number of nitro groups is 1. The molecule has 2 aromatic rings. The lowest BCUT2D eigenvalue weighted by atomic mass is 9.60. The molecule has 4 unspecified atom stereocenters. The van der Waals surface area contributed by atoms with Crippen LogP contribution in [0.4, 0.5) is 0 Å². The van der Waals surface area contributed by atoms with Crippen LogP contribution < -0.4 is 9.47 Å². The zero-order chi connectivity index (χ0) is 25.7. The van der Waals surface area contributed by atoms with Crippen LogP contribution in [0.1, 0.15) is 55.6 Å². The van der Waals surface area contributed by atoms with Crippen molar-refractivity contribution in [2.24, 2.45) is 17.8 Å². The van der Waals surface area contributed by atoms with Gasteiger partial charge in [0.25, 0.3) is 0 Å². The van der Waals surface area contributed by atoms with Crippen LogP contribution in [0.3, 0.4) is 0 Å². The first-order chi connectivity index (χ1) is 17.4. The quantitative estimate of drug-likeness (QED) is 0.209. The summed E-state index contributed by atoms with van der Waals surface area (Å²) in [4.78, 5) is 39.3. The average Bonchev–Trinajstić information content (AvgIpc) is 2.91. The molecule has 2 saturated carbocycles. The summed E-state index contributed by atoms with van der Waals surface area (Å²) in [5.74, 6) is -1.40. The van der Waals surface area contributed by atoms with Crippen LogP contribution >= 0.6 is 0 Å². The van der Waals surface area contributed by atoms with E-state index in [2.05, 4.69) is 0 Å². The highest BCUT2D eigenvalue weighted by Crippen LogP contribution is 2.47. The summed E-state index contributed by atoms with van der Waals surface area (Å²) < 4.78 is 10.4. The molecule has 0 bridgehead atoms. The molecule has 0 heterocycles. The van der Waals surface area contributed by atoms with Crippen LogP contribution in [0.5, 0.6) is 11.5 Å². The Hall–Kier alpha value is -3.48. The molecule has 7 heteroatoms. The molecule has 4 rings (SSSR count). The van der Waals surface area contributed by atoms with Crippen molar-refractivity contribution in [3.63, 3.8) is 0 Å². The van der Waals surface area contributed by atoms with Gasteiger partial charge in [0.2, 0.25) is 6.04 Å². The van der Waals surface area contributed by atoms with Gasteiger partial charge in [-0.2, -0.15) is 0 Å². The molecule has 0 spiro atoms. The highest BCUT2D eigenvalue weighted by atomic mass is 16.6. The summed E-state index contributed by atoms with van der Waals surface area (Å²) in [6, 6.07) is 13.4. The lowest BCUT2D eigenvalue weighted by molar-refractivity contribution is -0.541. The van der Waals surface area contributed by atoms with Crippen LogP contribution in [0, 0.1) is 27.9 Å². The Morgan fingerprint density at radius 3 is 2.08 bits per heavy atom. The minimum atomic E-state index is -0.998. The molecule has 36 heavy (non-hydrogen) atoms. The summed E-state index contributed by atoms with van der Waals surface area (Å²) in [5.41, 5.74) is 1.54. The van der Waals surface area contributed by atoms with Gasteiger partial charge in [0.1, 0.15) is 17.3 Å². The van der Waals surface area contributed by atoms with Gasteiger partial charge in [-0.1, -0.05) is 49.6 Å². The van der Waals surface area contributed by atoms with Gasteiger partial charge in [-0.25, -0.2) is 0 Å². The van der Waals surface area contributed by atoms with E-state index < -0.39 is 23.8 Å². The number of rotatable bonds is 8. The van der Waals surface area contributed by atoms with E-state index in [0.717, 1.165) is 43.2 Å². The van der Waals surface area contributed by atoms with E-state index in [1.807, 2.05) is 12.1 Å². The predicted molar refractivity (Wildman–Crippen MR) is 137 cm³/mol. The Morgan fingerprint density at radius 1 is 0.944 bits per heavy atom. The van der Waals surface area contributed by atoms with Crippen LogP contribution in [0.15, 0.2) is 54.6 Å². The molecular formula is C29H33NO6. The van der Waals surface area contributed by atoms with Gasteiger partial charge in [0, 0.05) is 17.3 Å². The van der Waals surface area contributed by atoms with Crippen molar-refractivity contribution in [1.29, 1.82) is 0 Å². The molecule has 0 N–H and O–H groups in total. The second kappa shape index (κ2) is 11.5. The van der Waals surface area contributed by atoms with E-state index in [1.165, 1.54) is 6.08 Å². The van der Waals surface area contributed by atoms with E-state index in [1.54, 1.807) is 56.7 Å². The first kappa shape index (κ1) is 25.6. The predicted octanol–water partition coefficient (Wildman–Crippen LogP) is 5.50. The fourth-order valence-corrected chi connectivity index (χ4v) is 6.01. The second-order valence-electron chi connectivity index (χ2n) is 9.79. The Balaban J connectivity index is 1.68. The summed E-state index contributed by atoms with van der Waals surface area (Å²) in [6.45, 7) is 0. The number of allylic oxidation sites excluding steroid dienone is 1. The van der Waals surface area contributed by atoms with Gasteiger partial charge in [0.15, 0.2) is 5.78 Å². The number of benzene rings is 2. The number of carbonyl (C=O) groups is 2. The zero-order valence-corrected chi connectivity index (χ0v) is 20.8. The third-order valence-electron chi connectivity index (χ3n) is 7.80. The molecular weight excluding hydrogens is 458 g/mol. The second-order valence-corrected chi connectivity index (χ2v) is 9.79. The summed E-state index contributed by atoms with van der Waals surface area (Å²) in [5, 5.41) is 12.6. The van der Waals surface area contributed by atoms with E-state index in [-0.39, 0.29) is 28.8 Å². The van der Waals surface area contributed by atoms with Crippen molar-refractivity contribution < 1.29 is 24.0 Å². The SMILES string of the molecule is COc1ccc(/C=C/C(=O)C2C(=O)CC(c3ccc(OC)cc3)C([N+](=O)[O-])C2C2CCCCC2)cc1. The molecule has 2 aliphatic rings. The lowest BCUT2D eigenvalue weighted by Gasteiger charge is -2.41. The van der Waals surface area contributed by atoms with Crippen LogP contribution in [-0.2, 0) is 9.59 Å². The number of ether oxygens (including phenoxy) is 2.